The van der Waals surface area contributed by atoms with Crippen LogP contribution >= 0.6 is 11.6 Å². The molecule has 0 spiro atoms. The minimum absolute atomic E-state index is 0.0871. The van der Waals surface area contributed by atoms with Crippen LogP contribution in [0.3, 0.4) is 0 Å². The summed E-state index contributed by atoms with van der Waals surface area (Å²) in [5.41, 5.74) is 2.60. The molecule has 3 N–H and O–H groups in total. The summed E-state index contributed by atoms with van der Waals surface area (Å²) in [6.07, 6.45) is 3.88. The zero-order valence-corrected chi connectivity index (χ0v) is 14.6. The highest BCUT2D eigenvalue weighted by molar-refractivity contribution is 7.89. The fraction of sp³-hybridized carbons (Fsp3) is 0.235. The molecule has 0 saturated heterocycles. The standard InChI is InChI=1S/C17H18ClN3O2S/c18-13-10-14-15(11-16(13)24(19,22)23)21-17(20-14)9-5-4-8-12-6-2-1-3-7-12/h1-3,6-7,10-11H,4-5,8-9H2,(H,20,21)(H2,19,22,23). The number of sulfonamides is 1. The molecule has 126 valence electrons. The maximum Gasteiger partial charge on any atom is 0.239 e. The van der Waals surface area contributed by atoms with E-state index in [1.165, 1.54) is 17.7 Å². The number of nitrogens with two attached hydrogens (primary N) is 1. The van der Waals surface area contributed by atoms with E-state index in [4.69, 9.17) is 16.7 Å². The third-order valence-corrected chi connectivity index (χ3v) is 5.24. The fourth-order valence-electron chi connectivity index (χ4n) is 2.67. The number of unbranched alkanes of at least 4 members (excludes halogenated alkanes) is 1. The summed E-state index contributed by atoms with van der Waals surface area (Å²) in [4.78, 5) is 7.52. The third kappa shape index (κ3) is 3.95. The number of hydrogen-bond donors (Lipinski definition) is 2. The van der Waals surface area contributed by atoms with Crippen LogP contribution in [0.25, 0.3) is 11.0 Å². The number of fused-ring (bicyclic) bond motifs is 1. The largest absolute Gasteiger partial charge is 0.342 e. The first-order chi connectivity index (χ1) is 11.4. The van der Waals surface area contributed by atoms with E-state index >= 15 is 0 Å². The van der Waals surface area contributed by atoms with Crippen LogP contribution in [0.5, 0.6) is 0 Å². The highest BCUT2D eigenvalue weighted by Crippen LogP contribution is 2.26. The van der Waals surface area contributed by atoms with Crippen molar-refractivity contribution in [1.82, 2.24) is 9.97 Å². The van der Waals surface area contributed by atoms with E-state index in [1.807, 2.05) is 18.2 Å². The molecule has 3 aromatic rings. The van der Waals surface area contributed by atoms with Gasteiger partial charge in [0.2, 0.25) is 10.0 Å². The molecule has 1 heterocycles. The average Bonchev–Trinajstić information content (AvgIpc) is 2.92. The minimum Gasteiger partial charge on any atom is -0.342 e. The van der Waals surface area contributed by atoms with Crippen LogP contribution in [0.15, 0.2) is 47.4 Å². The van der Waals surface area contributed by atoms with Crippen molar-refractivity contribution in [3.8, 4) is 0 Å². The van der Waals surface area contributed by atoms with Crippen molar-refractivity contribution in [2.24, 2.45) is 5.14 Å². The van der Waals surface area contributed by atoms with Crippen molar-refractivity contribution in [1.29, 1.82) is 0 Å². The van der Waals surface area contributed by atoms with Gasteiger partial charge in [-0.25, -0.2) is 18.5 Å². The molecule has 0 saturated carbocycles. The number of benzene rings is 2. The van der Waals surface area contributed by atoms with Crippen molar-refractivity contribution in [2.45, 2.75) is 30.6 Å². The number of aromatic amines is 1. The molecule has 0 fully saturated rings. The Bertz CT molecular complexity index is 953. The number of primary sulfonamides is 1. The lowest BCUT2D eigenvalue weighted by molar-refractivity contribution is 0.598. The van der Waals surface area contributed by atoms with E-state index in [9.17, 15) is 8.42 Å². The van der Waals surface area contributed by atoms with Crippen LogP contribution in [0.4, 0.5) is 0 Å². The Labute approximate surface area is 145 Å². The molecule has 3 rings (SSSR count). The van der Waals surface area contributed by atoms with Crippen molar-refractivity contribution in [3.63, 3.8) is 0 Å². The van der Waals surface area contributed by atoms with Gasteiger partial charge in [0, 0.05) is 6.42 Å². The molecule has 1 aromatic heterocycles. The number of halogens is 1. The molecular weight excluding hydrogens is 346 g/mol. The SMILES string of the molecule is NS(=O)(=O)c1cc2[nH]c(CCCCc3ccccc3)nc2cc1Cl. The van der Waals surface area contributed by atoms with Gasteiger partial charge in [-0.2, -0.15) is 0 Å². The summed E-state index contributed by atoms with van der Waals surface area (Å²) in [5.74, 6) is 0.820. The van der Waals surface area contributed by atoms with E-state index in [2.05, 4.69) is 22.1 Å². The number of aryl methyl sites for hydroxylation is 2. The van der Waals surface area contributed by atoms with Crippen LogP contribution in [0.1, 0.15) is 24.2 Å². The summed E-state index contributed by atoms with van der Waals surface area (Å²) >= 11 is 5.98. The molecule has 7 heteroatoms. The Morgan fingerprint density at radius 1 is 1.08 bits per heavy atom. The molecule has 0 bridgehead atoms. The maximum absolute atomic E-state index is 11.5. The van der Waals surface area contributed by atoms with Gasteiger partial charge in [0.1, 0.15) is 10.7 Å². The monoisotopic (exact) mass is 363 g/mol. The van der Waals surface area contributed by atoms with Gasteiger partial charge in [0.15, 0.2) is 0 Å². The predicted molar refractivity (Wildman–Crippen MR) is 95.6 cm³/mol. The van der Waals surface area contributed by atoms with Crippen molar-refractivity contribution < 1.29 is 8.42 Å². The molecule has 0 aliphatic rings. The number of aromatic nitrogens is 2. The van der Waals surface area contributed by atoms with Crippen LogP contribution < -0.4 is 5.14 Å². The van der Waals surface area contributed by atoms with Gasteiger partial charge in [0.05, 0.1) is 16.1 Å². The molecule has 0 atom stereocenters. The second kappa shape index (κ2) is 6.93. The van der Waals surface area contributed by atoms with Gasteiger partial charge in [-0.05, 0) is 37.0 Å². The predicted octanol–water partition coefficient (Wildman–Crippen LogP) is 3.43. The number of H-pyrrole nitrogens is 1. The minimum atomic E-state index is -3.85. The molecule has 5 nitrogen and oxygen atoms in total. The highest BCUT2D eigenvalue weighted by atomic mass is 35.5. The van der Waals surface area contributed by atoms with Crippen LogP contribution in [-0.4, -0.2) is 18.4 Å². The molecule has 0 unspecified atom stereocenters. The smallest absolute Gasteiger partial charge is 0.239 e. The Morgan fingerprint density at radius 2 is 1.79 bits per heavy atom. The maximum atomic E-state index is 11.5. The van der Waals surface area contributed by atoms with Crippen LogP contribution in [0, 0.1) is 0 Å². The highest BCUT2D eigenvalue weighted by Gasteiger charge is 2.15. The number of rotatable bonds is 6. The fourth-order valence-corrected chi connectivity index (χ4v) is 3.76. The number of hydrogen-bond acceptors (Lipinski definition) is 3. The topological polar surface area (TPSA) is 88.8 Å². The Morgan fingerprint density at radius 3 is 2.50 bits per heavy atom. The van der Waals surface area contributed by atoms with Crippen LogP contribution in [0.2, 0.25) is 5.02 Å². The second-order valence-electron chi connectivity index (χ2n) is 5.72. The molecule has 0 amide bonds. The number of nitrogens with one attached hydrogen (secondary N) is 1. The first-order valence-corrected chi connectivity index (χ1v) is 9.61. The first kappa shape index (κ1) is 17.0. The van der Waals surface area contributed by atoms with Gasteiger partial charge >= 0.3 is 0 Å². The molecule has 0 aliphatic carbocycles. The van der Waals surface area contributed by atoms with Gasteiger partial charge in [-0.3, -0.25) is 0 Å². The Hall–Kier alpha value is -1.89. The van der Waals surface area contributed by atoms with E-state index in [0.717, 1.165) is 31.5 Å². The summed E-state index contributed by atoms with van der Waals surface area (Å²) in [6, 6.07) is 13.3. The summed E-state index contributed by atoms with van der Waals surface area (Å²) in [5, 5.41) is 5.25. The lowest BCUT2D eigenvalue weighted by atomic mass is 10.1. The van der Waals surface area contributed by atoms with E-state index in [1.54, 1.807) is 0 Å². The van der Waals surface area contributed by atoms with Gasteiger partial charge in [-0.15, -0.1) is 0 Å². The van der Waals surface area contributed by atoms with Crippen molar-refractivity contribution >= 4 is 32.7 Å². The van der Waals surface area contributed by atoms with E-state index < -0.39 is 10.0 Å². The summed E-state index contributed by atoms with van der Waals surface area (Å²) in [7, 11) is -3.85. The van der Waals surface area contributed by atoms with Crippen molar-refractivity contribution in [2.75, 3.05) is 0 Å². The Balaban J connectivity index is 1.67. The Kier molecular flexibility index (Phi) is 4.89. The normalized spacial score (nSPS) is 11.9. The van der Waals surface area contributed by atoms with Crippen LogP contribution in [-0.2, 0) is 22.9 Å². The molecule has 2 aromatic carbocycles. The number of imidazole rings is 1. The zero-order chi connectivity index (χ0) is 17.2. The zero-order valence-electron chi connectivity index (χ0n) is 13.0. The average molecular weight is 364 g/mol. The lowest BCUT2D eigenvalue weighted by Gasteiger charge is -2.00. The van der Waals surface area contributed by atoms with Gasteiger partial charge in [0.25, 0.3) is 0 Å². The summed E-state index contributed by atoms with van der Waals surface area (Å²) in [6.45, 7) is 0. The van der Waals surface area contributed by atoms with Crippen molar-refractivity contribution in [3.05, 3.63) is 58.9 Å². The molecule has 0 aliphatic heterocycles. The van der Waals surface area contributed by atoms with E-state index in [-0.39, 0.29) is 9.92 Å². The first-order valence-electron chi connectivity index (χ1n) is 7.68. The number of nitrogens with zero attached hydrogens (tertiary/aromatic N) is 1. The molecular formula is C17H18ClN3O2S. The summed E-state index contributed by atoms with van der Waals surface area (Å²) < 4.78 is 23.0. The molecule has 0 radical (unpaired) electrons. The van der Waals surface area contributed by atoms with E-state index in [0.29, 0.717) is 11.0 Å². The third-order valence-electron chi connectivity index (χ3n) is 3.86. The second-order valence-corrected chi connectivity index (χ2v) is 7.66. The molecule has 24 heavy (non-hydrogen) atoms. The van der Waals surface area contributed by atoms with Gasteiger partial charge < -0.3 is 4.98 Å². The lowest BCUT2D eigenvalue weighted by Crippen LogP contribution is -2.12. The quantitative estimate of drug-likeness (QED) is 0.657. The van der Waals surface area contributed by atoms with Gasteiger partial charge in [-0.1, -0.05) is 41.9 Å².